The highest BCUT2D eigenvalue weighted by atomic mass is 35.5. The van der Waals surface area contributed by atoms with Gasteiger partial charge < -0.3 is 4.79 Å². The van der Waals surface area contributed by atoms with Gasteiger partial charge in [-0.25, -0.2) is 0 Å². The summed E-state index contributed by atoms with van der Waals surface area (Å²) in [6, 6.07) is 0. The molecular weight excluding hydrogens is 123 g/mol. The highest BCUT2D eigenvalue weighted by Crippen LogP contribution is 1.53. The summed E-state index contributed by atoms with van der Waals surface area (Å²) in [6.07, 6.45) is 1.51. The van der Waals surface area contributed by atoms with Gasteiger partial charge in [-0.3, -0.25) is 0 Å². The van der Waals surface area contributed by atoms with Gasteiger partial charge in [0, 0.05) is 6.42 Å². The van der Waals surface area contributed by atoms with Crippen molar-refractivity contribution >= 4 is 31.1 Å². The van der Waals surface area contributed by atoms with Crippen molar-refractivity contribution in [3.63, 3.8) is 0 Å². The van der Waals surface area contributed by atoms with Crippen molar-refractivity contribution in [3.8, 4) is 0 Å². The maximum absolute atomic E-state index is 9.17. The van der Waals surface area contributed by atoms with E-state index in [2.05, 4.69) is 0 Å². The van der Waals surface area contributed by atoms with Crippen LogP contribution in [-0.4, -0.2) is 6.29 Å². The van der Waals surface area contributed by atoms with Gasteiger partial charge in [0.15, 0.2) is 0 Å². The van der Waals surface area contributed by atoms with E-state index in [1.807, 2.05) is 6.92 Å². The Morgan fingerprint density at radius 3 is 1.67 bits per heavy atom. The summed E-state index contributed by atoms with van der Waals surface area (Å²) in [7, 11) is 0. The van der Waals surface area contributed by atoms with E-state index in [4.69, 9.17) is 0 Å². The Labute approximate surface area is 49.9 Å². The highest BCUT2D eigenvalue weighted by molar-refractivity contribution is 5.85. The molecule has 0 rings (SSSR count). The van der Waals surface area contributed by atoms with Gasteiger partial charge in [-0.1, -0.05) is 6.92 Å². The van der Waals surface area contributed by atoms with E-state index >= 15 is 0 Å². The molecule has 0 heterocycles. The third-order valence-electron chi connectivity index (χ3n) is 0.167. The maximum atomic E-state index is 9.17. The van der Waals surface area contributed by atoms with Crippen molar-refractivity contribution < 1.29 is 4.79 Å². The summed E-state index contributed by atoms with van der Waals surface area (Å²) < 4.78 is 0. The van der Waals surface area contributed by atoms with Gasteiger partial charge >= 0.3 is 0 Å². The zero-order valence-electron chi connectivity index (χ0n) is 3.51. The van der Waals surface area contributed by atoms with E-state index in [0.717, 1.165) is 6.29 Å². The molecule has 0 aliphatic carbocycles. The number of hydrogen-bond acceptors (Lipinski definition) is 1. The minimum Gasteiger partial charge on any atom is -0.303 e. The molecule has 0 atom stereocenters. The van der Waals surface area contributed by atoms with Gasteiger partial charge in [0.1, 0.15) is 6.29 Å². The molecule has 0 fully saturated rings. The van der Waals surface area contributed by atoms with Gasteiger partial charge in [0.05, 0.1) is 0 Å². The van der Waals surface area contributed by atoms with Gasteiger partial charge in [-0.15, -0.1) is 24.8 Å². The molecule has 0 aliphatic rings. The van der Waals surface area contributed by atoms with Gasteiger partial charge in [0.25, 0.3) is 0 Å². The second kappa shape index (κ2) is 18.7. The molecule has 0 aromatic carbocycles. The standard InChI is InChI=1S/C3H6O.2ClH/c1-2-3-4;;/h3H,2H2,1H3;2*1H. The van der Waals surface area contributed by atoms with Crippen LogP contribution in [0, 0.1) is 0 Å². The summed E-state index contributed by atoms with van der Waals surface area (Å²) in [4.78, 5) is 9.17. The Bertz CT molecular complexity index is 22.8. The Hall–Kier alpha value is 0.250. The Kier molecular flexibility index (Phi) is 50.9. The Balaban J connectivity index is -0.0000000450. The molecule has 0 saturated carbocycles. The van der Waals surface area contributed by atoms with E-state index < -0.39 is 0 Å². The van der Waals surface area contributed by atoms with Crippen LogP contribution in [0.5, 0.6) is 0 Å². The van der Waals surface area contributed by atoms with E-state index in [1.165, 1.54) is 0 Å². The van der Waals surface area contributed by atoms with Crippen molar-refractivity contribution in [2.24, 2.45) is 0 Å². The lowest BCUT2D eigenvalue weighted by Gasteiger charge is -1.51. The van der Waals surface area contributed by atoms with Crippen molar-refractivity contribution in [1.82, 2.24) is 0 Å². The van der Waals surface area contributed by atoms with Crippen LogP contribution in [0.3, 0.4) is 0 Å². The molecule has 0 aromatic heterocycles. The molecule has 1 nitrogen and oxygen atoms in total. The highest BCUT2D eigenvalue weighted by Gasteiger charge is 1.52. The third kappa shape index (κ3) is 28.7. The summed E-state index contributed by atoms with van der Waals surface area (Å²) >= 11 is 0. The molecule has 6 heavy (non-hydrogen) atoms. The van der Waals surface area contributed by atoms with Crippen LogP contribution >= 0.6 is 24.8 Å². The van der Waals surface area contributed by atoms with Crippen LogP contribution in [0.25, 0.3) is 0 Å². The molecule has 0 unspecified atom stereocenters. The van der Waals surface area contributed by atoms with Crippen LogP contribution in [0.1, 0.15) is 13.3 Å². The first-order valence-corrected chi connectivity index (χ1v) is 1.35. The first-order valence-electron chi connectivity index (χ1n) is 1.35. The first kappa shape index (κ1) is 16.3. The lowest BCUT2D eigenvalue weighted by molar-refractivity contribution is -0.107. The average molecular weight is 131 g/mol. The molecule has 0 radical (unpaired) electrons. The fourth-order valence-corrected chi connectivity index (χ4v) is 0. The monoisotopic (exact) mass is 130 g/mol. The fraction of sp³-hybridized carbons (Fsp3) is 0.667. The van der Waals surface area contributed by atoms with E-state index in [-0.39, 0.29) is 24.8 Å². The normalized spacial score (nSPS) is 4.17. The number of aldehydes is 1. The van der Waals surface area contributed by atoms with E-state index in [0.29, 0.717) is 6.42 Å². The molecule has 0 aliphatic heterocycles. The minimum absolute atomic E-state index is 0. The Morgan fingerprint density at radius 1 is 1.50 bits per heavy atom. The molecular formula is C3H8Cl2O. The molecule has 0 aromatic rings. The number of hydrogen-bond donors (Lipinski definition) is 0. The Morgan fingerprint density at radius 2 is 1.67 bits per heavy atom. The maximum Gasteiger partial charge on any atom is 0.119 e. The largest absolute Gasteiger partial charge is 0.303 e. The molecule has 0 spiro atoms. The molecule has 0 saturated heterocycles. The first-order chi connectivity index (χ1) is 1.91. The lowest BCUT2D eigenvalue weighted by Crippen LogP contribution is -1.55. The van der Waals surface area contributed by atoms with Crippen LogP contribution < -0.4 is 0 Å². The van der Waals surface area contributed by atoms with Crippen molar-refractivity contribution in [3.05, 3.63) is 0 Å². The quantitative estimate of drug-likeness (QED) is 0.492. The molecule has 3 heteroatoms. The molecule has 0 bridgehead atoms. The third-order valence-corrected chi connectivity index (χ3v) is 0.167. The SMILES string of the molecule is CCC=O.Cl.Cl. The van der Waals surface area contributed by atoms with E-state index in [1.54, 1.807) is 0 Å². The van der Waals surface area contributed by atoms with Crippen LogP contribution in [0.4, 0.5) is 0 Å². The average Bonchev–Trinajstić information content (AvgIpc) is 1.37. The zero-order chi connectivity index (χ0) is 3.41. The van der Waals surface area contributed by atoms with Crippen LogP contribution in [0.15, 0.2) is 0 Å². The van der Waals surface area contributed by atoms with E-state index in [9.17, 15) is 4.79 Å². The molecule has 0 amide bonds. The van der Waals surface area contributed by atoms with Gasteiger partial charge in [-0.05, 0) is 0 Å². The van der Waals surface area contributed by atoms with Gasteiger partial charge in [0.2, 0.25) is 0 Å². The number of rotatable bonds is 1. The van der Waals surface area contributed by atoms with Crippen LogP contribution in [-0.2, 0) is 4.79 Å². The minimum atomic E-state index is 0. The predicted molar refractivity (Wildman–Crippen MR) is 30.9 cm³/mol. The fourth-order valence-electron chi connectivity index (χ4n) is 0. The summed E-state index contributed by atoms with van der Waals surface area (Å²) in [5.74, 6) is 0. The smallest absolute Gasteiger partial charge is 0.119 e. The zero-order valence-corrected chi connectivity index (χ0v) is 5.14. The van der Waals surface area contributed by atoms with Gasteiger partial charge in [-0.2, -0.15) is 0 Å². The number of halogens is 2. The van der Waals surface area contributed by atoms with Crippen molar-refractivity contribution in [2.75, 3.05) is 0 Å². The second-order valence-corrected chi connectivity index (χ2v) is 0.575. The number of carbonyl (C=O) groups excluding carboxylic acids is 1. The lowest BCUT2D eigenvalue weighted by atomic mass is 10.6. The van der Waals surface area contributed by atoms with Crippen molar-refractivity contribution in [1.29, 1.82) is 0 Å². The second-order valence-electron chi connectivity index (χ2n) is 0.575. The summed E-state index contributed by atoms with van der Waals surface area (Å²) in [5, 5.41) is 0. The molecule has 40 valence electrons. The number of carbonyl (C=O) groups is 1. The molecule has 0 N–H and O–H groups in total. The topological polar surface area (TPSA) is 17.1 Å². The summed E-state index contributed by atoms with van der Waals surface area (Å²) in [6.45, 7) is 1.81. The van der Waals surface area contributed by atoms with Crippen molar-refractivity contribution in [2.45, 2.75) is 13.3 Å². The van der Waals surface area contributed by atoms with Crippen LogP contribution in [0.2, 0.25) is 0 Å². The predicted octanol–water partition coefficient (Wildman–Crippen LogP) is 1.44. The summed E-state index contributed by atoms with van der Waals surface area (Å²) in [5.41, 5.74) is 0.